The summed E-state index contributed by atoms with van der Waals surface area (Å²) in [4.78, 5) is 23.3. The van der Waals surface area contributed by atoms with Crippen molar-refractivity contribution in [1.82, 2.24) is 0 Å². The molecule has 2 aromatic carbocycles. The van der Waals surface area contributed by atoms with Crippen molar-refractivity contribution < 1.29 is 37.0 Å². The molecule has 2 rings (SSSR count). The quantitative estimate of drug-likeness (QED) is 0.365. The summed E-state index contributed by atoms with van der Waals surface area (Å²) in [5, 5.41) is 2.00. The van der Waals surface area contributed by atoms with E-state index in [1.54, 1.807) is 18.2 Å². The van der Waals surface area contributed by atoms with E-state index in [2.05, 4.69) is 0 Å². The summed E-state index contributed by atoms with van der Waals surface area (Å²) in [6.45, 7) is 1.88. The number of ether oxygens (including phenoxy) is 3. The summed E-state index contributed by atoms with van der Waals surface area (Å²) in [5.74, 6) is -5.01. The average Bonchev–Trinajstić information content (AvgIpc) is 2.71. The summed E-state index contributed by atoms with van der Waals surface area (Å²) in [5.41, 5.74) is -0.550. The Morgan fingerprint density at radius 2 is 1.66 bits per heavy atom. The molecule has 0 bridgehead atoms. The SMILES string of the molecule is CCOc1ccccc1OCCCC(=O)OCC(=O)Nc1ccc(F)c(F)c1F. The molecule has 0 aliphatic heterocycles. The monoisotopic (exact) mass is 411 g/mol. The van der Waals surface area contributed by atoms with Gasteiger partial charge in [0.05, 0.1) is 18.9 Å². The van der Waals surface area contributed by atoms with E-state index in [0.29, 0.717) is 30.6 Å². The van der Waals surface area contributed by atoms with Gasteiger partial charge in [0, 0.05) is 6.42 Å². The molecular formula is C20H20F3NO5. The van der Waals surface area contributed by atoms with Crippen LogP contribution < -0.4 is 14.8 Å². The Morgan fingerprint density at radius 1 is 0.966 bits per heavy atom. The van der Waals surface area contributed by atoms with Gasteiger partial charge in [0.15, 0.2) is 35.6 Å². The Bertz CT molecular complexity index is 860. The molecule has 1 N–H and O–H groups in total. The van der Waals surface area contributed by atoms with Crippen LogP contribution in [0.2, 0.25) is 0 Å². The molecule has 0 heterocycles. The van der Waals surface area contributed by atoms with Crippen molar-refractivity contribution in [2.45, 2.75) is 19.8 Å². The normalized spacial score (nSPS) is 10.3. The number of halogens is 3. The van der Waals surface area contributed by atoms with Gasteiger partial charge >= 0.3 is 5.97 Å². The topological polar surface area (TPSA) is 73.9 Å². The highest BCUT2D eigenvalue weighted by atomic mass is 19.2. The van der Waals surface area contributed by atoms with Crippen LogP contribution in [-0.2, 0) is 14.3 Å². The van der Waals surface area contributed by atoms with E-state index in [0.717, 1.165) is 6.07 Å². The predicted octanol–water partition coefficient (Wildman–Crippen LogP) is 3.84. The number of anilines is 1. The zero-order valence-corrected chi connectivity index (χ0v) is 15.7. The zero-order chi connectivity index (χ0) is 21.2. The molecule has 29 heavy (non-hydrogen) atoms. The molecule has 9 heteroatoms. The van der Waals surface area contributed by atoms with E-state index in [1.807, 2.05) is 18.3 Å². The van der Waals surface area contributed by atoms with E-state index in [9.17, 15) is 22.8 Å². The van der Waals surface area contributed by atoms with Gasteiger partial charge in [0.25, 0.3) is 5.91 Å². The van der Waals surface area contributed by atoms with Gasteiger partial charge in [-0.15, -0.1) is 0 Å². The maximum atomic E-state index is 13.5. The molecule has 156 valence electrons. The first kappa shape index (κ1) is 22.1. The van der Waals surface area contributed by atoms with E-state index in [4.69, 9.17) is 14.2 Å². The molecule has 0 saturated heterocycles. The van der Waals surface area contributed by atoms with Gasteiger partial charge in [0.1, 0.15) is 0 Å². The van der Waals surface area contributed by atoms with Gasteiger partial charge in [-0.2, -0.15) is 0 Å². The third kappa shape index (κ3) is 6.70. The molecule has 0 radical (unpaired) electrons. The van der Waals surface area contributed by atoms with Crippen molar-refractivity contribution >= 4 is 17.6 Å². The van der Waals surface area contributed by atoms with Crippen LogP contribution in [0.5, 0.6) is 11.5 Å². The molecule has 0 saturated carbocycles. The van der Waals surface area contributed by atoms with Crippen molar-refractivity contribution in [2.24, 2.45) is 0 Å². The van der Waals surface area contributed by atoms with Crippen molar-refractivity contribution in [3.05, 3.63) is 53.8 Å². The number of carbonyl (C=O) groups is 2. The van der Waals surface area contributed by atoms with E-state index >= 15 is 0 Å². The highest BCUT2D eigenvalue weighted by Gasteiger charge is 2.16. The highest BCUT2D eigenvalue weighted by molar-refractivity contribution is 5.92. The molecule has 0 unspecified atom stereocenters. The van der Waals surface area contributed by atoms with E-state index in [1.165, 1.54) is 0 Å². The van der Waals surface area contributed by atoms with Crippen LogP contribution in [0.3, 0.4) is 0 Å². The minimum Gasteiger partial charge on any atom is -0.490 e. The molecule has 0 spiro atoms. The number of hydrogen-bond acceptors (Lipinski definition) is 5. The lowest BCUT2D eigenvalue weighted by Gasteiger charge is -2.11. The molecule has 1 amide bonds. The lowest BCUT2D eigenvalue weighted by atomic mass is 10.3. The van der Waals surface area contributed by atoms with Crippen molar-refractivity contribution in [3.63, 3.8) is 0 Å². The molecule has 6 nitrogen and oxygen atoms in total. The largest absolute Gasteiger partial charge is 0.490 e. The summed E-state index contributed by atoms with van der Waals surface area (Å²) in [6.07, 6.45) is 0.322. The Kier molecular flexibility index (Phi) is 8.32. The number of para-hydroxylation sites is 2. The summed E-state index contributed by atoms with van der Waals surface area (Å²) in [7, 11) is 0. The number of rotatable bonds is 10. The third-order valence-electron chi connectivity index (χ3n) is 3.61. The Hall–Kier alpha value is -3.23. The van der Waals surface area contributed by atoms with Crippen molar-refractivity contribution in [2.75, 3.05) is 25.1 Å². The number of benzene rings is 2. The number of nitrogens with one attached hydrogen (secondary N) is 1. The van der Waals surface area contributed by atoms with Crippen LogP contribution in [-0.4, -0.2) is 31.7 Å². The summed E-state index contributed by atoms with van der Waals surface area (Å²) < 4.78 is 55.2. The third-order valence-corrected chi connectivity index (χ3v) is 3.61. The van der Waals surface area contributed by atoms with Crippen LogP contribution >= 0.6 is 0 Å². The van der Waals surface area contributed by atoms with Crippen LogP contribution in [0.1, 0.15) is 19.8 Å². The summed E-state index contributed by atoms with van der Waals surface area (Å²) >= 11 is 0. The van der Waals surface area contributed by atoms with E-state index in [-0.39, 0.29) is 13.0 Å². The minimum atomic E-state index is -1.70. The Labute approximate surface area is 165 Å². The van der Waals surface area contributed by atoms with E-state index < -0.39 is 41.6 Å². The lowest BCUT2D eigenvalue weighted by Crippen LogP contribution is -2.22. The van der Waals surface area contributed by atoms with Crippen LogP contribution in [0.25, 0.3) is 0 Å². The Balaban J connectivity index is 1.70. The van der Waals surface area contributed by atoms with Crippen LogP contribution in [0, 0.1) is 17.5 Å². The standard InChI is InChI=1S/C20H20F3NO5/c1-2-27-15-6-3-4-7-16(15)28-11-5-8-18(26)29-12-17(25)24-14-10-9-13(21)19(22)20(14)23/h3-4,6-7,9-10H,2,5,8,11-12H2,1H3,(H,24,25). The smallest absolute Gasteiger partial charge is 0.306 e. The van der Waals surface area contributed by atoms with Crippen molar-refractivity contribution in [1.29, 1.82) is 0 Å². The molecule has 0 aliphatic rings. The van der Waals surface area contributed by atoms with Gasteiger partial charge in [-0.05, 0) is 37.6 Å². The fourth-order valence-electron chi connectivity index (χ4n) is 2.27. The fourth-order valence-corrected chi connectivity index (χ4v) is 2.27. The first-order valence-electron chi connectivity index (χ1n) is 8.86. The molecule has 0 aliphatic carbocycles. The first-order chi connectivity index (χ1) is 13.9. The van der Waals surface area contributed by atoms with Gasteiger partial charge in [-0.1, -0.05) is 12.1 Å². The Morgan fingerprint density at radius 3 is 2.34 bits per heavy atom. The van der Waals surface area contributed by atoms with Gasteiger partial charge in [-0.25, -0.2) is 13.2 Å². The second-order valence-electron chi connectivity index (χ2n) is 5.76. The van der Waals surface area contributed by atoms with Gasteiger partial charge in [0.2, 0.25) is 0 Å². The average molecular weight is 411 g/mol. The fraction of sp³-hybridized carbons (Fsp3) is 0.300. The van der Waals surface area contributed by atoms with Gasteiger partial charge in [-0.3, -0.25) is 9.59 Å². The van der Waals surface area contributed by atoms with Crippen molar-refractivity contribution in [3.8, 4) is 11.5 Å². The second-order valence-corrected chi connectivity index (χ2v) is 5.76. The molecule has 0 fully saturated rings. The molecular weight excluding hydrogens is 391 g/mol. The number of amides is 1. The molecule has 0 aromatic heterocycles. The highest BCUT2D eigenvalue weighted by Crippen LogP contribution is 2.26. The second kappa shape index (κ2) is 10.9. The molecule has 2 aromatic rings. The minimum absolute atomic E-state index is 0.0103. The number of esters is 1. The zero-order valence-electron chi connectivity index (χ0n) is 15.7. The first-order valence-corrected chi connectivity index (χ1v) is 8.86. The lowest BCUT2D eigenvalue weighted by molar-refractivity contribution is -0.147. The van der Waals surface area contributed by atoms with Crippen LogP contribution in [0.15, 0.2) is 36.4 Å². The molecule has 0 atom stereocenters. The van der Waals surface area contributed by atoms with Crippen LogP contribution in [0.4, 0.5) is 18.9 Å². The maximum Gasteiger partial charge on any atom is 0.306 e. The maximum absolute atomic E-state index is 13.5. The predicted molar refractivity (Wildman–Crippen MR) is 98.2 cm³/mol. The number of carbonyl (C=O) groups excluding carboxylic acids is 2. The van der Waals surface area contributed by atoms with Gasteiger partial charge < -0.3 is 19.5 Å². The number of hydrogen-bond donors (Lipinski definition) is 1. The summed E-state index contributed by atoms with van der Waals surface area (Å²) in [6, 6.07) is 8.65.